The molecule has 1 N–H and O–H groups in total. The Balaban J connectivity index is 2.16. The fourth-order valence-corrected chi connectivity index (χ4v) is 1.08. The van der Waals surface area contributed by atoms with E-state index in [0.29, 0.717) is 11.8 Å². The van der Waals surface area contributed by atoms with Gasteiger partial charge in [-0.3, -0.25) is 9.67 Å². The molecule has 0 saturated heterocycles. The summed E-state index contributed by atoms with van der Waals surface area (Å²) in [5, 5.41) is 6.97. The Morgan fingerprint density at radius 3 is 2.93 bits per heavy atom. The number of anilines is 1. The van der Waals surface area contributed by atoms with Crippen molar-refractivity contribution in [2.24, 2.45) is 7.05 Å². The van der Waals surface area contributed by atoms with Crippen molar-refractivity contribution in [2.45, 2.75) is 0 Å². The second-order valence-electron chi connectivity index (χ2n) is 2.96. The van der Waals surface area contributed by atoms with Crippen LogP contribution in [0.3, 0.4) is 0 Å². The highest BCUT2D eigenvalue weighted by Gasteiger charge is 2.02. The van der Waals surface area contributed by atoms with Crippen LogP contribution in [-0.4, -0.2) is 26.8 Å². The van der Waals surface area contributed by atoms with Gasteiger partial charge in [0, 0.05) is 20.2 Å². The molecule has 15 heavy (non-hydrogen) atoms. The standard InChI is InChI=1S/C9H11N5O/c1-10-7-3-8(5-11-4-7)15-9-12-6-14(2)13-9/h3-6,10H,1-2H3. The van der Waals surface area contributed by atoms with E-state index in [2.05, 4.69) is 20.4 Å². The van der Waals surface area contributed by atoms with E-state index in [4.69, 9.17) is 4.74 Å². The Labute approximate surface area is 86.9 Å². The van der Waals surface area contributed by atoms with E-state index >= 15 is 0 Å². The van der Waals surface area contributed by atoms with Gasteiger partial charge in [-0.15, -0.1) is 5.10 Å². The molecule has 0 atom stereocenters. The van der Waals surface area contributed by atoms with E-state index in [1.54, 1.807) is 30.5 Å². The zero-order chi connectivity index (χ0) is 10.7. The number of nitrogens with zero attached hydrogens (tertiary/aromatic N) is 4. The minimum atomic E-state index is 0.313. The Hall–Kier alpha value is -2.11. The highest BCUT2D eigenvalue weighted by molar-refractivity contribution is 5.44. The van der Waals surface area contributed by atoms with Gasteiger partial charge in [-0.2, -0.15) is 4.98 Å². The van der Waals surface area contributed by atoms with E-state index in [9.17, 15) is 0 Å². The molecule has 6 nitrogen and oxygen atoms in total. The summed E-state index contributed by atoms with van der Waals surface area (Å²) in [5.74, 6) is 0.605. The molecule has 0 aromatic carbocycles. The normalized spacial score (nSPS) is 10.0. The monoisotopic (exact) mass is 205 g/mol. The molecule has 78 valence electrons. The molecule has 2 heterocycles. The maximum atomic E-state index is 5.40. The lowest BCUT2D eigenvalue weighted by Gasteiger charge is -2.02. The highest BCUT2D eigenvalue weighted by atomic mass is 16.5. The Kier molecular flexibility index (Phi) is 2.49. The van der Waals surface area contributed by atoms with Gasteiger partial charge in [-0.05, 0) is 0 Å². The lowest BCUT2D eigenvalue weighted by molar-refractivity contribution is 0.437. The van der Waals surface area contributed by atoms with Gasteiger partial charge in [0.05, 0.1) is 18.1 Å². The third-order valence-electron chi connectivity index (χ3n) is 1.79. The van der Waals surface area contributed by atoms with Crippen LogP contribution in [0.2, 0.25) is 0 Å². The quantitative estimate of drug-likeness (QED) is 0.811. The minimum Gasteiger partial charge on any atom is -0.421 e. The molecule has 0 saturated carbocycles. The molecule has 0 amide bonds. The number of aromatic nitrogens is 4. The van der Waals surface area contributed by atoms with Gasteiger partial charge in [0.2, 0.25) is 0 Å². The highest BCUT2D eigenvalue weighted by Crippen LogP contribution is 2.19. The molecule has 2 aromatic heterocycles. The first-order chi connectivity index (χ1) is 7.28. The fraction of sp³-hybridized carbons (Fsp3) is 0.222. The smallest absolute Gasteiger partial charge is 0.341 e. The van der Waals surface area contributed by atoms with Crippen LogP contribution in [0.4, 0.5) is 5.69 Å². The van der Waals surface area contributed by atoms with Crippen molar-refractivity contribution in [2.75, 3.05) is 12.4 Å². The largest absolute Gasteiger partial charge is 0.421 e. The maximum absolute atomic E-state index is 5.40. The molecule has 2 aromatic rings. The van der Waals surface area contributed by atoms with E-state index in [-0.39, 0.29) is 0 Å². The zero-order valence-electron chi connectivity index (χ0n) is 8.51. The molecule has 0 spiro atoms. The van der Waals surface area contributed by atoms with Crippen LogP contribution in [0.25, 0.3) is 0 Å². The Bertz CT molecular complexity index is 453. The first-order valence-electron chi connectivity index (χ1n) is 4.44. The van der Waals surface area contributed by atoms with Crippen molar-refractivity contribution in [3.63, 3.8) is 0 Å². The van der Waals surface area contributed by atoms with Crippen molar-refractivity contribution in [3.05, 3.63) is 24.8 Å². The fourth-order valence-electron chi connectivity index (χ4n) is 1.08. The summed E-state index contributed by atoms with van der Waals surface area (Å²) in [4.78, 5) is 7.96. The molecular formula is C9H11N5O. The van der Waals surface area contributed by atoms with Gasteiger partial charge >= 0.3 is 6.01 Å². The topological polar surface area (TPSA) is 64.9 Å². The minimum absolute atomic E-state index is 0.313. The zero-order valence-corrected chi connectivity index (χ0v) is 8.51. The summed E-state index contributed by atoms with van der Waals surface area (Å²) < 4.78 is 6.97. The van der Waals surface area contributed by atoms with Gasteiger partial charge in [0.25, 0.3) is 0 Å². The van der Waals surface area contributed by atoms with Crippen molar-refractivity contribution in [1.29, 1.82) is 0 Å². The summed E-state index contributed by atoms with van der Waals surface area (Å²) >= 11 is 0. The van der Waals surface area contributed by atoms with Crippen LogP contribution in [0, 0.1) is 0 Å². The number of hydrogen-bond acceptors (Lipinski definition) is 5. The van der Waals surface area contributed by atoms with Crippen LogP contribution in [0.1, 0.15) is 0 Å². The number of pyridine rings is 1. The van der Waals surface area contributed by atoms with Crippen LogP contribution in [0.5, 0.6) is 11.8 Å². The van der Waals surface area contributed by atoms with E-state index < -0.39 is 0 Å². The molecule has 2 rings (SSSR count). The van der Waals surface area contributed by atoms with Gasteiger partial charge < -0.3 is 10.1 Å². The third kappa shape index (κ3) is 2.22. The lowest BCUT2D eigenvalue weighted by Crippen LogP contribution is -1.93. The van der Waals surface area contributed by atoms with Crippen LogP contribution in [0.15, 0.2) is 24.8 Å². The molecule has 0 aliphatic carbocycles. The summed E-state index contributed by atoms with van der Waals surface area (Å²) in [7, 11) is 3.60. The first-order valence-corrected chi connectivity index (χ1v) is 4.44. The summed E-state index contributed by atoms with van der Waals surface area (Å²) in [5.41, 5.74) is 0.878. The molecule has 0 aliphatic rings. The average molecular weight is 205 g/mol. The van der Waals surface area contributed by atoms with Crippen LogP contribution >= 0.6 is 0 Å². The van der Waals surface area contributed by atoms with Crippen molar-refractivity contribution in [1.82, 2.24) is 19.7 Å². The molecule has 0 bridgehead atoms. The van der Waals surface area contributed by atoms with Crippen molar-refractivity contribution in [3.8, 4) is 11.8 Å². The molecule has 0 fully saturated rings. The molecule has 0 aliphatic heterocycles. The summed E-state index contributed by atoms with van der Waals surface area (Å²) in [6, 6.07) is 2.14. The molecule has 0 radical (unpaired) electrons. The lowest BCUT2D eigenvalue weighted by atomic mass is 10.4. The summed E-state index contributed by atoms with van der Waals surface area (Å²) in [6.07, 6.45) is 4.89. The number of ether oxygens (including phenoxy) is 1. The predicted molar refractivity (Wildman–Crippen MR) is 54.9 cm³/mol. The van der Waals surface area contributed by atoms with Gasteiger partial charge in [-0.1, -0.05) is 0 Å². The molecule has 6 heteroatoms. The first kappa shape index (κ1) is 9.45. The molecule has 0 unspecified atom stereocenters. The van der Waals surface area contributed by atoms with Gasteiger partial charge in [-0.25, -0.2) is 0 Å². The number of aryl methyl sites for hydroxylation is 1. The van der Waals surface area contributed by atoms with Crippen LogP contribution in [-0.2, 0) is 7.05 Å². The number of nitrogens with one attached hydrogen (secondary N) is 1. The van der Waals surface area contributed by atoms with Gasteiger partial charge in [0.15, 0.2) is 5.75 Å². The Morgan fingerprint density at radius 1 is 1.40 bits per heavy atom. The van der Waals surface area contributed by atoms with E-state index in [1.165, 1.54) is 0 Å². The van der Waals surface area contributed by atoms with E-state index in [1.807, 2.05) is 13.1 Å². The third-order valence-corrected chi connectivity index (χ3v) is 1.79. The summed E-state index contributed by atoms with van der Waals surface area (Å²) in [6.45, 7) is 0. The predicted octanol–water partition coefficient (Wildman–Crippen LogP) is 1.04. The van der Waals surface area contributed by atoms with E-state index in [0.717, 1.165) is 5.69 Å². The average Bonchev–Trinajstić information content (AvgIpc) is 2.64. The number of rotatable bonds is 3. The second kappa shape index (κ2) is 3.95. The SMILES string of the molecule is CNc1cncc(Oc2ncn(C)n2)c1. The maximum Gasteiger partial charge on any atom is 0.341 e. The van der Waals surface area contributed by atoms with Crippen LogP contribution < -0.4 is 10.1 Å². The second-order valence-corrected chi connectivity index (χ2v) is 2.96. The Morgan fingerprint density at radius 2 is 2.27 bits per heavy atom. The van der Waals surface area contributed by atoms with Crippen molar-refractivity contribution >= 4 is 5.69 Å². The van der Waals surface area contributed by atoms with Gasteiger partial charge in [0.1, 0.15) is 6.33 Å². The molecular weight excluding hydrogens is 194 g/mol. The number of hydrogen-bond donors (Lipinski definition) is 1. The van der Waals surface area contributed by atoms with Crippen molar-refractivity contribution < 1.29 is 4.74 Å².